The van der Waals surface area contributed by atoms with Gasteiger partial charge in [0.05, 0.1) is 17.7 Å². The van der Waals surface area contributed by atoms with Gasteiger partial charge in [-0.15, -0.1) is 0 Å². The second kappa shape index (κ2) is 18.0. The molecular weight excluding hydrogens is 704 g/mol. The minimum absolute atomic E-state index is 0.0334. The third kappa shape index (κ3) is 9.82. The Balaban J connectivity index is 0.000000222. The van der Waals surface area contributed by atoms with Crippen molar-refractivity contribution < 1.29 is 38.7 Å². The molecule has 55 heavy (non-hydrogen) atoms. The second-order valence-corrected chi connectivity index (χ2v) is 14.4. The van der Waals surface area contributed by atoms with Gasteiger partial charge in [0.2, 0.25) is 17.7 Å². The average Bonchev–Trinajstić information content (AvgIpc) is 3.67. The van der Waals surface area contributed by atoms with Crippen LogP contribution >= 0.6 is 0 Å². The fourth-order valence-corrected chi connectivity index (χ4v) is 6.52. The summed E-state index contributed by atoms with van der Waals surface area (Å²) < 4.78 is 7.64. The topological polar surface area (TPSA) is 188 Å². The molecule has 1 atom stereocenters. The minimum Gasteiger partial charge on any atom is -0.384 e. The van der Waals surface area contributed by atoms with Gasteiger partial charge in [-0.1, -0.05) is 52.0 Å². The van der Waals surface area contributed by atoms with Gasteiger partial charge in [-0.05, 0) is 78.1 Å². The number of anilines is 2. The van der Waals surface area contributed by atoms with Crippen LogP contribution in [0, 0.1) is 5.41 Å². The molecule has 6 amide bonds. The summed E-state index contributed by atoms with van der Waals surface area (Å²) >= 11 is 0. The molecular formula is C41H48N6O8. The monoisotopic (exact) mass is 752 g/mol. The molecule has 1 fully saturated rings. The quantitative estimate of drug-likeness (QED) is 0.0480. The van der Waals surface area contributed by atoms with Crippen LogP contribution in [0.1, 0.15) is 96.4 Å². The van der Waals surface area contributed by atoms with Crippen molar-refractivity contribution in [3.05, 3.63) is 95.2 Å². The molecule has 2 aliphatic heterocycles. The predicted molar refractivity (Wildman–Crippen MR) is 207 cm³/mol. The average molecular weight is 753 g/mol. The summed E-state index contributed by atoms with van der Waals surface area (Å²) in [6.07, 6.45) is 4.47. The summed E-state index contributed by atoms with van der Waals surface area (Å²) in [7, 11) is 0. The van der Waals surface area contributed by atoms with Gasteiger partial charge in [-0.2, -0.15) is 0 Å². The Bertz CT molecular complexity index is 2070. The first-order valence-corrected chi connectivity index (χ1v) is 18.4. The number of imide groups is 2. The molecule has 0 saturated carbocycles. The molecule has 5 N–H and O–H groups in total. The molecule has 0 aliphatic carbocycles. The number of hydrogen-bond acceptors (Lipinski definition) is 9. The number of nitrogens with one attached hydrogen (secondary N) is 4. The maximum absolute atomic E-state index is 12.7. The third-order valence-electron chi connectivity index (χ3n) is 9.24. The summed E-state index contributed by atoms with van der Waals surface area (Å²) in [5, 5.41) is 18.2. The van der Waals surface area contributed by atoms with Crippen molar-refractivity contribution in [2.24, 2.45) is 5.41 Å². The van der Waals surface area contributed by atoms with E-state index in [9.17, 15) is 28.8 Å². The molecule has 3 aromatic carbocycles. The standard InChI is InChI=1S/C25H31N3O4.C16H17N3O4/c1-4-13-32-17-25(2,3)15-23(29)26-21-9-5-18(6-10-21)16-28-12-11-19-7-8-20(14-22(19)28)24(30)27-31;1-2-8-17-10-5-3-4-9-13(10)16(23)19(15(9)22)11-6-7-12(20)18-14(11)21/h5-12,14,31H,4,13,15-17H2,1-3H3,(H,26,29)(H,27,30);3-5,11,17H,2,6-8H2,1H3,(H,18,20,21). The lowest BCUT2D eigenvalue weighted by Crippen LogP contribution is -2.54. The van der Waals surface area contributed by atoms with Crippen molar-refractivity contribution in [2.75, 3.05) is 30.4 Å². The SMILES string of the molecule is CCCNc1cccc2c1C(=O)N(C1CCC(=O)NC1=O)C2=O.CCCOCC(C)(C)CC(=O)Nc1ccc(Cn2ccc3ccc(C(=O)NO)cc32)cc1. The fourth-order valence-electron chi connectivity index (χ4n) is 6.52. The maximum atomic E-state index is 12.7. The van der Waals surface area contributed by atoms with Crippen LogP contribution in [0.15, 0.2) is 72.9 Å². The predicted octanol–water partition coefficient (Wildman–Crippen LogP) is 5.50. The highest BCUT2D eigenvalue weighted by atomic mass is 16.5. The van der Waals surface area contributed by atoms with Gasteiger partial charge in [0.15, 0.2) is 0 Å². The van der Waals surface area contributed by atoms with Crippen molar-refractivity contribution in [1.29, 1.82) is 0 Å². The van der Waals surface area contributed by atoms with E-state index in [1.165, 1.54) is 0 Å². The summed E-state index contributed by atoms with van der Waals surface area (Å²) in [6, 6.07) is 19.1. The van der Waals surface area contributed by atoms with Gasteiger partial charge in [-0.3, -0.25) is 44.2 Å². The molecule has 14 heteroatoms. The first-order chi connectivity index (χ1) is 26.3. The van der Waals surface area contributed by atoms with Gasteiger partial charge in [0, 0.05) is 61.2 Å². The van der Waals surface area contributed by atoms with Crippen LogP contribution in [0.25, 0.3) is 10.9 Å². The highest BCUT2D eigenvalue weighted by molar-refractivity contribution is 6.25. The van der Waals surface area contributed by atoms with Crippen molar-refractivity contribution >= 4 is 57.7 Å². The second-order valence-electron chi connectivity index (χ2n) is 14.4. The van der Waals surface area contributed by atoms with Crippen LogP contribution in [0.3, 0.4) is 0 Å². The first-order valence-electron chi connectivity index (χ1n) is 18.4. The summed E-state index contributed by atoms with van der Waals surface area (Å²) in [5.74, 6) is -2.53. The van der Waals surface area contributed by atoms with E-state index in [1.54, 1.807) is 35.8 Å². The number of benzene rings is 3. The minimum atomic E-state index is -0.931. The summed E-state index contributed by atoms with van der Waals surface area (Å²) in [6.45, 7) is 10.7. The van der Waals surface area contributed by atoms with Crippen LogP contribution in [-0.4, -0.2) is 75.9 Å². The summed E-state index contributed by atoms with van der Waals surface area (Å²) in [5.41, 5.74) is 5.74. The molecule has 290 valence electrons. The van der Waals surface area contributed by atoms with E-state index in [1.807, 2.05) is 67.9 Å². The van der Waals surface area contributed by atoms with Gasteiger partial charge in [0.25, 0.3) is 17.7 Å². The molecule has 1 unspecified atom stereocenters. The van der Waals surface area contributed by atoms with Gasteiger partial charge >= 0.3 is 0 Å². The Morgan fingerprint density at radius 3 is 2.42 bits per heavy atom. The largest absolute Gasteiger partial charge is 0.384 e. The van der Waals surface area contributed by atoms with Crippen LogP contribution in [0.4, 0.5) is 11.4 Å². The number of hydroxylamine groups is 1. The number of carbonyl (C=O) groups is 6. The first kappa shape index (κ1) is 40.3. The van der Waals surface area contributed by atoms with E-state index in [4.69, 9.17) is 9.94 Å². The number of hydrogen-bond donors (Lipinski definition) is 5. The Morgan fingerprint density at radius 1 is 0.964 bits per heavy atom. The zero-order valence-corrected chi connectivity index (χ0v) is 31.6. The lowest BCUT2D eigenvalue weighted by Gasteiger charge is -2.27. The molecule has 6 rings (SSSR count). The molecule has 0 bridgehead atoms. The Hall–Kier alpha value is -5.86. The third-order valence-corrected chi connectivity index (χ3v) is 9.24. The van der Waals surface area contributed by atoms with Crippen molar-refractivity contribution in [3.8, 4) is 0 Å². The zero-order valence-electron chi connectivity index (χ0n) is 31.6. The number of aromatic nitrogens is 1. The van der Waals surface area contributed by atoms with Crippen molar-refractivity contribution in [1.82, 2.24) is 20.3 Å². The number of piperidine rings is 1. The number of rotatable bonds is 14. The fraction of sp³-hybridized carbons (Fsp3) is 0.366. The lowest BCUT2D eigenvalue weighted by atomic mass is 9.90. The van der Waals surface area contributed by atoms with Crippen LogP contribution in [-0.2, 0) is 25.7 Å². The van der Waals surface area contributed by atoms with Crippen LogP contribution in [0.5, 0.6) is 0 Å². The van der Waals surface area contributed by atoms with E-state index in [0.717, 1.165) is 39.9 Å². The molecule has 1 aromatic heterocycles. The summed E-state index contributed by atoms with van der Waals surface area (Å²) in [4.78, 5) is 73.7. The molecule has 0 radical (unpaired) electrons. The molecule has 14 nitrogen and oxygen atoms in total. The van der Waals surface area contributed by atoms with Crippen molar-refractivity contribution in [3.63, 3.8) is 0 Å². The van der Waals surface area contributed by atoms with Gasteiger partial charge < -0.3 is 19.9 Å². The number of ether oxygens (including phenoxy) is 1. The van der Waals surface area contributed by atoms with Crippen molar-refractivity contribution in [2.45, 2.75) is 72.4 Å². The number of nitrogens with zero attached hydrogens (tertiary/aromatic N) is 2. The van der Waals surface area contributed by atoms with Crippen LogP contribution < -0.4 is 21.4 Å². The van der Waals surface area contributed by atoms with Crippen LogP contribution in [0.2, 0.25) is 0 Å². The Kier molecular flexibility index (Phi) is 13.2. The smallest absolute Gasteiger partial charge is 0.274 e. The van der Waals surface area contributed by atoms with Gasteiger partial charge in [0.1, 0.15) is 6.04 Å². The number of fused-ring (bicyclic) bond motifs is 2. The Morgan fingerprint density at radius 2 is 1.73 bits per heavy atom. The number of amides is 6. The molecule has 3 heterocycles. The maximum Gasteiger partial charge on any atom is 0.274 e. The van der Waals surface area contributed by atoms with E-state index < -0.39 is 29.7 Å². The molecule has 1 saturated heterocycles. The Labute approximate surface area is 319 Å². The molecule has 4 aromatic rings. The van der Waals surface area contributed by atoms with E-state index in [2.05, 4.69) is 22.9 Å². The highest BCUT2D eigenvalue weighted by Gasteiger charge is 2.45. The number of carbonyl (C=O) groups excluding carboxylic acids is 6. The zero-order chi connectivity index (χ0) is 39.7. The van der Waals surface area contributed by atoms with E-state index in [-0.39, 0.29) is 30.1 Å². The highest BCUT2D eigenvalue weighted by Crippen LogP contribution is 2.32. The van der Waals surface area contributed by atoms with E-state index in [0.29, 0.717) is 55.1 Å². The molecule has 2 aliphatic rings. The van der Waals surface area contributed by atoms with E-state index >= 15 is 0 Å². The normalized spacial score (nSPS) is 15.3. The van der Waals surface area contributed by atoms with Gasteiger partial charge in [-0.25, -0.2) is 5.48 Å². The molecule has 0 spiro atoms. The lowest BCUT2D eigenvalue weighted by molar-refractivity contribution is -0.136.